The van der Waals surface area contributed by atoms with Crippen LogP contribution in [0.15, 0.2) is 72.8 Å². The lowest BCUT2D eigenvalue weighted by Crippen LogP contribution is -1.74. The normalized spacial score (nSPS) is 10.5. The largest absolute Gasteiger partial charge is 0.127 e. The lowest BCUT2D eigenvalue weighted by molar-refractivity contribution is 1.46. The Bertz CT molecular complexity index is 1320. The van der Waals surface area contributed by atoms with Crippen LogP contribution in [0.2, 0.25) is 0 Å². The highest BCUT2D eigenvalue weighted by Crippen LogP contribution is 2.33. The van der Waals surface area contributed by atoms with Crippen LogP contribution in [0.4, 0.5) is 0 Å². The Morgan fingerprint density at radius 1 is 0.500 bits per heavy atom. The minimum Gasteiger partial charge on any atom is -0.127 e. The Kier molecular flexibility index (Phi) is 4.89. The van der Waals surface area contributed by atoms with Gasteiger partial charge >= 0.3 is 0 Å². The minimum atomic E-state index is 1.05. The van der Waals surface area contributed by atoms with E-state index in [-0.39, 0.29) is 0 Å². The van der Waals surface area contributed by atoms with Crippen molar-refractivity contribution >= 4 is 42.8 Å². The molecule has 0 aliphatic heterocycles. The van der Waals surface area contributed by atoms with Crippen molar-refractivity contribution in [1.82, 2.24) is 0 Å². The fraction of sp³-hybridized carbons (Fsp3) is 0.0714. The molecule has 142 valence electrons. The number of hydrogen-bond donors (Lipinski definition) is 0. The minimum absolute atomic E-state index is 1.05. The van der Waals surface area contributed by atoms with Gasteiger partial charge in [-0.3, -0.25) is 0 Å². The third-order valence-electron chi connectivity index (χ3n) is 4.92. The second-order valence-electron chi connectivity index (χ2n) is 7.38. The molecule has 2 aromatic heterocycles. The lowest BCUT2D eigenvalue weighted by Gasteiger charge is -1.90. The second-order valence-corrected chi connectivity index (χ2v) is 9.55. The summed E-state index contributed by atoms with van der Waals surface area (Å²) in [5, 5.41) is 2.50. The van der Waals surface area contributed by atoms with Gasteiger partial charge in [0.1, 0.15) is 0 Å². The highest BCUT2D eigenvalue weighted by molar-refractivity contribution is 7.21. The maximum Gasteiger partial charge on any atom is 0.0784 e. The van der Waals surface area contributed by atoms with Gasteiger partial charge in [-0.2, -0.15) is 0 Å². The molecule has 0 radical (unpaired) electrons. The van der Waals surface area contributed by atoms with Gasteiger partial charge in [0.15, 0.2) is 0 Å². The third kappa shape index (κ3) is 4.03. The molecule has 0 fully saturated rings. The molecule has 0 atom stereocenters. The molecular weight excluding hydrogens is 400 g/mol. The van der Waals surface area contributed by atoms with Crippen LogP contribution in [-0.4, -0.2) is 0 Å². The highest BCUT2D eigenvalue weighted by atomic mass is 32.1. The van der Waals surface area contributed by atoms with E-state index in [0.717, 1.165) is 20.9 Å². The monoisotopic (exact) mass is 418 g/mol. The topological polar surface area (TPSA) is 0 Å². The van der Waals surface area contributed by atoms with Crippen LogP contribution in [0.1, 0.15) is 32.0 Å². The average Bonchev–Trinajstić information content (AvgIpc) is 3.33. The van der Waals surface area contributed by atoms with Crippen LogP contribution in [0.25, 0.3) is 20.2 Å². The van der Waals surface area contributed by atoms with Crippen molar-refractivity contribution in [2.75, 3.05) is 0 Å². The van der Waals surface area contributed by atoms with E-state index in [2.05, 4.69) is 110 Å². The summed E-state index contributed by atoms with van der Waals surface area (Å²) in [7, 11) is 0. The molecule has 30 heavy (non-hydrogen) atoms. The number of benzene rings is 3. The SMILES string of the molecule is Cc1ccc(C#Cc2cc3cc4sc(C#Cc5ccc(C)cc5)cc4cc3s2)cc1. The van der Waals surface area contributed by atoms with Crippen molar-refractivity contribution in [1.29, 1.82) is 0 Å². The van der Waals surface area contributed by atoms with Gasteiger partial charge in [-0.1, -0.05) is 59.1 Å². The summed E-state index contributed by atoms with van der Waals surface area (Å²) in [6.45, 7) is 4.18. The average molecular weight is 419 g/mol. The summed E-state index contributed by atoms with van der Waals surface area (Å²) in [6.07, 6.45) is 0. The summed E-state index contributed by atoms with van der Waals surface area (Å²) in [5.41, 5.74) is 4.61. The van der Waals surface area contributed by atoms with Gasteiger partial charge in [-0.05, 0) is 73.2 Å². The van der Waals surface area contributed by atoms with Crippen LogP contribution >= 0.6 is 22.7 Å². The first-order valence-electron chi connectivity index (χ1n) is 9.77. The number of fused-ring (bicyclic) bond motifs is 2. The van der Waals surface area contributed by atoms with Crippen molar-refractivity contribution in [3.05, 3.63) is 105 Å². The molecule has 0 aliphatic carbocycles. The lowest BCUT2D eigenvalue weighted by atomic mass is 10.1. The predicted molar refractivity (Wildman–Crippen MR) is 132 cm³/mol. The third-order valence-corrected chi connectivity index (χ3v) is 6.95. The Labute approximate surface area is 184 Å². The van der Waals surface area contributed by atoms with Crippen LogP contribution < -0.4 is 0 Å². The van der Waals surface area contributed by atoms with Gasteiger partial charge < -0.3 is 0 Å². The zero-order valence-corrected chi connectivity index (χ0v) is 18.4. The number of aryl methyl sites for hydroxylation is 2. The van der Waals surface area contributed by atoms with E-state index in [1.54, 1.807) is 22.7 Å². The molecule has 3 aromatic carbocycles. The number of thiophene rings is 2. The molecule has 0 nitrogen and oxygen atoms in total. The van der Waals surface area contributed by atoms with E-state index in [0.29, 0.717) is 0 Å². The molecule has 0 unspecified atom stereocenters. The van der Waals surface area contributed by atoms with Gasteiger partial charge in [0.05, 0.1) is 9.75 Å². The van der Waals surface area contributed by atoms with E-state index in [1.807, 2.05) is 0 Å². The Balaban J connectivity index is 1.44. The number of rotatable bonds is 0. The van der Waals surface area contributed by atoms with Crippen molar-refractivity contribution in [3.63, 3.8) is 0 Å². The van der Waals surface area contributed by atoms with E-state index in [4.69, 9.17) is 0 Å². The summed E-state index contributed by atoms with van der Waals surface area (Å²) in [4.78, 5) is 2.20. The van der Waals surface area contributed by atoms with Gasteiger partial charge in [-0.15, -0.1) is 22.7 Å². The van der Waals surface area contributed by atoms with Gasteiger partial charge in [0.25, 0.3) is 0 Å². The Morgan fingerprint density at radius 2 is 0.900 bits per heavy atom. The van der Waals surface area contributed by atoms with Crippen LogP contribution in [0.5, 0.6) is 0 Å². The zero-order valence-electron chi connectivity index (χ0n) is 16.7. The molecule has 2 heterocycles. The van der Waals surface area contributed by atoms with Gasteiger partial charge in [0, 0.05) is 20.5 Å². The molecule has 0 bridgehead atoms. The molecule has 2 heteroatoms. The first-order chi connectivity index (χ1) is 14.6. The molecule has 0 amide bonds. The molecule has 0 spiro atoms. The number of hydrogen-bond acceptors (Lipinski definition) is 2. The summed E-state index contributed by atoms with van der Waals surface area (Å²) in [5.74, 6) is 13.2. The van der Waals surface area contributed by atoms with Crippen molar-refractivity contribution in [2.45, 2.75) is 13.8 Å². The molecule has 5 aromatic rings. The van der Waals surface area contributed by atoms with Crippen molar-refractivity contribution in [3.8, 4) is 23.7 Å². The molecule has 0 N–H and O–H groups in total. The Morgan fingerprint density at radius 3 is 1.30 bits per heavy atom. The first kappa shape index (κ1) is 18.7. The first-order valence-corrected chi connectivity index (χ1v) is 11.4. The molecule has 0 saturated heterocycles. The molecular formula is C28H18S2. The van der Waals surface area contributed by atoms with Crippen LogP contribution in [-0.2, 0) is 0 Å². The second kappa shape index (κ2) is 7.85. The quantitative estimate of drug-likeness (QED) is 0.228. The van der Waals surface area contributed by atoms with Crippen LogP contribution in [0.3, 0.4) is 0 Å². The smallest absolute Gasteiger partial charge is 0.0784 e. The molecule has 0 saturated carbocycles. The summed E-state index contributed by atoms with van der Waals surface area (Å²) in [6, 6.07) is 25.6. The fourth-order valence-electron chi connectivity index (χ4n) is 3.24. The molecule has 5 rings (SSSR count). The standard InChI is InChI=1S/C28H18S2/c1-19-3-7-21(8-4-19)11-13-25-15-23-17-28-24(18-27(23)29-25)16-26(30-28)14-12-22-9-5-20(2)6-10-22/h3-10,15-18H,1-2H3. The van der Waals surface area contributed by atoms with Crippen molar-refractivity contribution in [2.24, 2.45) is 0 Å². The van der Waals surface area contributed by atoms with E-state index >= 15 is 0 Å². The maximum atomic E-state index is 3.32. The Hall–Kier alpha value is -3.30. The highest BCUT2D eigenvalue weighted by Gasteiger charge is 2.06. The van der Waals surface area contributed by atoms with Crippen molar-refractivity contribution < 1.29 is 0 Å². The zero-order chi connectivity index (χ0) is 20.5. The molecule has 0 aliphatic rings. The van der Waals surface area contributed by atoms with E-state index in [1.165, 1.54) is 31.3 Å². The van der Waals surface area contributed by atoms with E-state index in [9.17, 15) is 0 Å². The van der Waals surface area contributed by atoms with E-state index < -0.39 is 0 Å². The van der Waals surface area contributed by atoms with Gasteiger partial charge in [-0.25, -0.2) is 0 Å². The maximum absolute atomic E-state index is 3.32. The summed E-state index contributed by atoms with van der Waals surface area (Å²) >= 11 is 3.50. The predicted octanol–water partition coefficient (Wildman–Crippen LogP) is 7.53. The summed E-state index contributed by atoms with van der Waals surface area (Å²) < 4.78 is 2.54. The fourth-order valence-corrected chi connectivity index (χ4v) is 5.13. The van der Waals surface area contributed by atoms with Gasteiger partial charge in [0.2, 0.25) is 0 Å². The van der Waals surface area contributed by atoms with Crippen LogP contribution in [0, 0.1) is 37.5 Å².